The first-order valence-electron chi connectivity index (χ1n) is 10.7. The zero-order chi connectivity index (χ0) is 24.6. The number of anilines is 1. The Kier molecular flexibility index (Phi) is 5.84. The molecule has 0 aliphatic rings. The first-order valence-corrected chi connectivity index (χ1v) is 13.0. The standard InChI is InChI=1S/C27H20N2O4S2/c1-17-27(34-25(28-17)18-8-3-2-4-9-18)35(32,33)29-24-15-14-21(22-12-5-6-13-23(22)24)19-10-7-11-20(16-19)26(30)31/h2-16,29H,1H3,(H,30,31). The second kappa shape index (κ2) is 8.98. The van der Waals surface area contributed by atoms with Crippen LogP contribution in [0.2, 0.25) is 0 Å². The predicted octanol–water partition coefficient (Wildman–Crippen LogP) is 6.44. The Morgan fingerprint density at radius 3 is 2.29 bits per heavy atom. The lowest BCUT2D eigenvalue weighted by atomic mass is 9.96. The van der Waals surface area contributed by atoms with Crippen molar-refractivity contribution in [1.82, 2.24) is 4.98 Å². The molecule has 0 fully saturated rings. The minimum atomic E-state index is -3.89. The fourth-order valence-electron chi connectivity index (χ4n) is 3.99. The monoisotopic (exact) mass is 500 g/mol. The van der Waals surface area contributed by atoms with Crippen molar-refractivity contribution in [3.05, 3.63) is 102 Å². The number of aromatic carboxylic acids is 1. The third-order valence-electron chi connectivity index (χ3n) is 5.61. The van der Waals surface area contributed by atoms with Crippen molar-refractivity contribution >= 4 is 43.8 Å². The zero-order valence-electron chi connectivity index (χ0n) is 18.6. The molecule has 5 aromatic rings. The van der Waals surface area contributed by atoms with Crippen LogP contribution in [0.25, 0.3) is 32.5 Å². The normalized spacial score (nSPS) is 11.5. The van der Waals surface area contributed by atoms with Crippen LogP contribution < -0.4 is 4.72 Å². The third-order valence-corrected chi connectivity index (χ3v) is 8.79. The van der Waals surface area contributed by atoms with Crippen molar-refractivity contribution in [2.75, 3.05) is 4.72 Å². The van der Waals surface area contributed by atoms with Gasteiger partial charge in [0.1, 0.15) is 5.01 Å². The van der Waals surface area contributed by atoms with E-state index >= 15 is 0 Å². The van der Waals surface area contributed by atoms with Gasteiger partial charge in [-0.3, -0.25) is 4.72 Å². The highest BCUT2D eigenvalue weighted by molar-refractivity contribution is 7.94. The van der Waals surface area contributed by atoms with Crippen LogP contribution in [0, 0.1) is 6.92 Å². The van der Waals surface area contributed by atoms with Crippen LogP contribution >= 0.6 is 11.3 Å². The Morgan fingerprint density at radius 2 is 1.54 bits per heavy atom. The molecule has 35 heavy (non-hydrogen) atoms. The number of thiazole rings is 1. The van der Waals surface area contributed by atoms with E-state index < -0.39 is 16.0 Å². The van der Waals surface area contributed by atoms with Gasteiger partial charge in [-0.25, -0.2) is 18.2 Å². The number of rotatable bonds is 6. The smallest absolute Gasteiger partial charge is 0.335 e. The Morgan fingerprint density at radius 1 is 0.857 bits per heavy atom. The van der Waals surface area contributed by atoms with E-state index in [4.69, 9.17) is 0 Å². The minimum absolute atomic E-state index is 0.165. The summed E-state index contributed by atoms with van der Waals surface area (Å²) in [5.74, 6) is -1.00. The maximum absolute atomic E-state index is 13.4. The molecule has 0 unspecified atom stereocenters. The van der Waals surface area contributed by atoms with E-state index in [-0.39, 0.29) is 9.77 Å². The molecule has 0 saturated carbocycles. The number of carboxylic acid groups (broad SMARTS) is 1. The van der Waals surface area contributed by atoms with E-state index in [1.807, 2.05) is 60.7 Å². The molecule has 1 heterocycles. The molecule has 4 aromatic carbocycles. The summed E-state index contributed by atoms with van der Waals surface area (Å²) in [5, 5.41) is 11.5. The number of aromatic nitrogens is 1. The number of aryl methyl sites for hydroxylation is 1. The molecule has 0 radical (unpaired) electrons. The molecule has 8 heteroatoms. The lowest BCUT2D eigenvalue weighted by Gasteiger charge is -2.14. The van der Waals surface area contributed by atoms with E-state index in [9.17, 15) is 18.3 Å². The molecular weight excluding hydrogens is 480 g/mol. The fraction of sp³-hybridized carbons (Fsp3) is 0.0370. The molecule has 0 saturated heterocycles. The van der Waals surface area contributed by atoms with Crippen LogP contribution in [0.1, 0.15) is 16.1 Å². The van der Waals surface area contributed by atoms with Crippen LogP contribution in [0.4, 0.5) is 5.69 Å². The summed E-state index contributed by atoms with van der Waals surface area (Å²) in [6, 6.07) is 27.1. The third kappa shape index (κ3) is 4.41. The van der Waals surface area contributed by atoms with Crippen molar-refractivity contribution in [1.29, 1.82) is 0 Å². The molecule has 174 valence electrons. The number of carboxylic acids is 1. The predicted molar refractivity (Wildman–Crippen MR) is 139 cm³/mol. The summed E-state index contributed by atoms with van der Waals surface area (Å²) in [6.07, 6.45) is 0. The zero-order valence-corrected chi connectivity index (χ0v) is 20.2. The van der Waals surface area contributed by atoms with E-state index in [2.05, 4.69) is 9.71 Å². The van der Waals surface area contributed by atoms with E-state index in [0.29, 0.717) is 21.8 Å². The summed E-state index contributed by atoms with van der Waals surface area (Å²) < 4.78 is 29.7. The van der Waals surface area contributed by atoms with Crippen molar-refractivity contribution in [2.24, 2.45) is 0 Å². The van der Waals surface area contributed by atoms with Gasteiger partial charge in [-0.1, -0.05) is 72.8 Å². The van der Waals surface area contributed by atoms with Gasteiger partial charge in [0.15, 0.2) is 4.21 Å². The average Bonchev–Trinajstić information content (AvgIpc) is 3.27. The molecule has 2 N–H and O–H groups in total. The van der Waals surface area contributed by atoms with Crippen molar-refractivity contribution in [3.8, 4) is 21.7 Å². The second-order valence-electron chi connectivity index (χ2n) is 7.96. The highest BCUT2D eigenvalue weighted by Crippen LogP contribution is 2.36. The van der Waals surface area contributed by atoms with Gasteiger partial charge in [0.25, 0.3) is 10.0 Å². The number of carbonyl (C=O) groups is 1. The Balaban J connectivity index is 1.56. The molecule has 0 aliphatic carbocycles. The summed E-state index contributed by atoms with van der Waals surface area (Å²) in [4.78, 5) is 15.9. The molecule has 0 atom stereocenters. The first kappa shape index (κ1) is 22.8. The van der Waals surface area contributed by atoms with Crippen LogP contribution in [0.15, 0.2) is 95.2 Å². The summed E-state index contributed by atoms with van der Waals surface area (Å²) >= 11 is 1.13. The Hall–Kier alpha value is -4.01. The number of hydrogen-bond acceptors (Lipinski definition) is 5. The van der Waals surface area contributed by atoms with Gasteiger partial charge in [0.05, 0.1) is 16.9 Å². The molecule has 6 nitrogen and oxygen atoms in total. The van der Waals surface area contributed by atoms with Gasteiger partial charge in [-0.2, -0.15) is 0 Å². The van der Waals surface area contributed by atoms with Gasteiger partial charge in [-0.05, 0) is 41.6 Å². The van der Waals surface area contributed by atoms with Crippen molar-refractivity contribution in [3.63, 3.8) is 0 Å². The molecule has 0 amide bonds. The van der Waals surface area contributed by atoms with E-state index in [1.165, 1.54) is 6.07 Å². The van der Waals surface area contributed by atoms with Crippen LogP contribution in [-0.4, -0.2) is 24.5 Å². The number of nitrogens with zero attached hydrogens (tertiary/aromatic N) is 1. The number of sulfonamides is 1. The summed E-state index contributed by atoms with van der Waals surface area (Å²) in [5.41, 5.74) is 3.47. The Labute approximate surface area is 206 Å². The Bertz CT molecular complexity index is 1680. The highest BCUT2D eigenvalue weighted by Gasteiger charge is 2.23. The van der Waals surface area contributed by atoms with Gasteiger partial charge < -0.3 is 5.11 Å². The minimum Gasteiger partial charge on any atom is -0.478 e. The molecule has 0 bridgehead atoms. The number of benzene rings is 4. The number of hydrogen-bond donors (Lipinski definition) is 2. The highest BCUT2D eigenvalue weighted by atomic mass is 32.2. The molecule has 0 spiro atoms. The SMILES string of the molecule is Cc1nc(-c2ccccc2)sc1S(=O)(=O)Nc1ccc(-c2cccc(C(=O)O)c2)c2ccccc12. The molecule has 5 rings (SSSR count). The van der Waals surface area contributed by atoms with E-state index in [0.717, 1.165) is 33.4 Å². The van der Waals surface area contributed by atoms with Gasteiger partial charge >= 0.3 is 5.97 Å². The number of fused-ring (bicyclic) bond motifs is 1. The quantitative estimate of drug-likeness (QED) is 0.280. The van der Waals surface area contributed by atoms with Crippen molar-refractivity contribution < 1.29 is 18.3 Å². The second-order valence-corrected chi connectivity index (χ2v) is 10.8. The summed E-state index contributed by atoms with van der Waals surface area (Å²) in [7, 11) is -3.89. The van der Waals surface area contributed by atoms with E-state index in [1.54, 1.807) is 31.2 Å². The lowest BCUT2D eigenvalue weighted by molar-refractivity contribution is 0.0697. The maximum atomic E-state index is 13.4. The average molecular weight is 501 g/mol. The molecule has 0 aliphatic heterocycles. The maximum Gasteiger partial charge on any atom is 0.335 e. The lowest BCUT2D eigenvalue weighted by Crippen LogP contribution is -2.13. The summed E-state index contributed by atoms with van der Waals surface area (Å²) in [6.45, 7) is 1.69. The topological polar surface area (TPSA) is 96.4 Å². The molecular formula is C27H20N2O4S2. The van der Waals surface area contributed by atoms with Gasteiger partial charge in [0.2, 0.25) is 0 Å². The van der Waals surface area contributed by atoms with Gasteiger partial charge in [-0.15, -0.1) is 11.3 Å². The van der Waals surface area contributed by atoms with Crippen LogP contribution in [0.5, 0.6) is 0 Å². The van der Waals surface area contributed by atoms with Crippen LogP contribution in [0.3, 0.4) is 0 Å². The van der Waals surface area contributed by atoms with Crippen LogP contribution in [-0.2, 0) is 10.0 Å². The largest absolute Gasteiger partial charge is 0.478 e. The van der Waals surface area contributed by atoms with Gasteiger partial charge in [0, 0.05) is 10.9 Å². The first-order chi connectivity index (χ1) is 16.8. The van der Waals surface area contributed by atoms with Crippen molar-refractivity contribution in [2.45, 2.75) is 11.1 Å². The number of nitrogens with one attached hydrogen (secondary N) is 1. The fourth-order valence-corrected chi connectivity index (χ4v) is 6.59. The molecule has 1 aromatic heterocycles.